The van der Waals surface area contributed by atoms with E-state index in [0.29, 0.717) is 23.2 Å². The first-order chi connectivity index (χ1) is 12.1. The predicted molar refractivity (Wildman–Crippen MR) is 94.3 cm³/mol. The van der Waals surface area contributed by atoms with Crippen molar-refractivity contribution in [3.63, 3.8) is 0 Å². The third-order valence-electron chi connectivity index (χ3n) is 3.93. The number of fused-ring (bicyclic) bond motifs is 1. The van der Waals surface area contributed by atoms with Crippen LogP contribution in [0.1, 0.15) is 18.2 Å². The molecule has 2 heterocycles. The van der Waals surface area contributed by atoms with Crippen LogP contribution in [0.25, 0.3) is 11.1 Å². The second-order valence-electron chi connectivity index (χ2n) is 5.62. The van der Waals surface area contributed by atoms with Crippen molar-refractivity contribution in [2.24, 2.45) is 5.73 Å². The first-order valence-electron chi connectivity index (χ1n) is 8.04. The van der Waals surface area contributed by atoms with Crippen LogP contribution in [0.3, 0.4) is 0 Å². The number of nitrogens with two attached hydrogens (primary N) is 1. The summed E-state index contributed by atoms with van der Waals surface area (Å²) in [6, 6.07) is 11.0. The largest absolute Gasteiger partial charge is 0.336 e. The Balaban J connectivity index is 1.99. The van der Waals surface area contributed by atoms with Gasteiger partial charge in [0.15, 0.2) is 0 Å². The molecular weight excluding hydrogens is 340 g/mol. The Hall–Kier alpha value is -2.29. The lowest BCUT2D eigenvalue weighted by molar-refractivity contribution is 0.413. The zero-order valence-electron chi connectivity index (χ0n) is 13.9. The van der Waals surface area contributed by atoms with E-state index in [1.165, 1.54) is 10.5 Å². The standard InChI is InChI=1S/C17H20N4O3S/c1-2-16-15-10-14(11-19-17(15)24-20-16)25(22,23)21(9-8-18)12-13-6-4-3-5-7-13/h3-7,10-11H,2,8-9,12,18H2,1H3. The quantitative estimate of drug-likeness (QED) is 0.691. The second-order valence-corrected chi connectivity index (χ2v) is 7.56. The van der Waals surface area contributed by atoms with E-state index in [0.717, 1.165) is 5.56 Å². The van der Waals surface area contributed by atoms with Crippen molar-refractivity contribution in [1.82, 2.24) is 14.4 Å². The number of hydrogen-bond acceptors (Lipinski definition) is 6. The van der Waals surface area contributed by atoms with Gasteiger partial charge in [-0.25, -0.2) is 13.4 Å². The van der Waals surface area contributed by atoms with Gasteiger partial charge in [-0.3, -0.25) is 0 Å². The van der Waals surface area contributed by atoms with Gasteiger partial charge in [-0.05, 0) is 18.1 Å². The Morgan fingerprint density at radius 2 is 2.00 bits per heavy atom. The van der Waals surface area contributed by atoms with Gasteiger partial charge in [0.05, 0.1) is 17.3 Å². The third kappa shape index (κ3) is 3.55. The average Bonchev–Trinajstić information content (AvgIpc) is 3.04. The molecule has 1 aromatic carbocycles. The van der Waals surface area contributed by atoms with Gasteiger partial charge in [-0.1, -0.05) is 42.4 Å². The summed E-state index contributed by atoms with van der Waals surface area (Å²) >= 11 is 0. The number of rotatable bonds is 7. The van der Waals surface area contributed by atoms with E-state index in [1.54, 1.807) is 6.07 Å². The number of pyridine rings is 1. The maximum Gasteiger partial charge on any atom is 0.258 e. The van der Waals surface area contributed by atoms with E-state index in [1.807, 2.05) is 37.3 Å². The fraction of sp³-hybridized carbons (Fsp3) is 0.294. The van der Waals surface area contributed by atoms with Crippen molar-refractivity contribution < 1.29 is 12.9 Å². The smallest absolute Gasteiger partial charge is 0.258 e. The normalized spacial score (nSPS) is 12.1. The molecule has 0 aliphatic rings. The number of aromatic nitrogens is 2. The molecule has 2 aromatic heterocycles. The van der Waals surface area contributed by atoms with E-state index < -0.39 is 10.0 Å². The number of sulfonamides is 1. The molecule has 7 nitrogen and oxygen atoms in total. The fourth-order valence-electron chi connectivity index (χ4n) is 2.62. The topological polar surface area (TPSA) is 102 Å². The van der Waals surface area contributed by atoms with Crippen LogP contribution in [0.4, 0.5) is 0 Å². The van der Waals surface area contributed by atoms with E-state index in [-0.39, 0.29) is 24.5 Å². The Kier molecular flexibility index (Phi) is 5.12. The van der Waals surface area contributed by atoms with E-state index in [9.17, 15) is 8.42 Å². The molecule has 0 aliphatic carbocycles. The van der Waals surface area contributed by atoms with Gasteiger partial charge in [0, 0.05) is 19.6 Å². The number of aryl methyl sites for hydroxylation is 1. The van der Waals surface area contributed by atoms with Crippen molar-refractivity contribution in [2.75, 3.05) is 13.1 Å². The van der Waals surface area contributed by atoms with Crippen LogP contribution in [0.5, 0.6) is 0 Å². The molecule has 3 rings (SSSR count). The molecule has 132 valence electrons. The van der Waals surface area contributed by atoms with Gasteiger partial charge in [-0.2, -0.15) is 4.31 Å². The highest BCUT2D eigenvalue weighted by Gasteiger charge is 2.25. The molecule has 0 fully saturated rings. The summed E-state index contributed by atoms with van der Waals surface area (Å²) in [6.45, 7) is 2.63. The lowest BCUT2D eigenvalue weighted by atomic mass is 10.2. The molecule has 0 unspecified atom stereocenters. The third-order valence-corrected chi connectivity index (χ3v) is 5.74. The SMILES string of the molecule is CCc1noc2ncc(S(=O)(=O)N(CCN)Cc3ccccc3)cc12. The Morgan fingerprint density at radius 3 is 2.68 bits per heavy atom. The highest BCUT2D eigenvalue weighted by atomic mass is 32.2. The monoisotopic (exact) mass is 360 g/mol. The summed E-state index contributed by atoms with van der Waals surface area (Å²) in [5.41, 5.74) is 7.55. The maximum atomic E-state index is 13.1. The molecule has 25 heavy (non-hydrogen) atoms. The van der Waals surface area contributed by atoms with Crippen LogP contribution >= 0.6 is 0 Å². The van der Waals surface area contributed by atoms with Gasteiger partial charge in [0.25, 0.3) is 5.71 Å². The van der Waals surface area contributed by atoms with Gasteiger partial charge in [-0.15, -0.1) is 0 Å². The molecular formula is C17H20N4O3S. The molecule has 0 aliphatic heterocycles. The molecule has 0 radical (unpaired) electrons. The molecule has 0 bridgehead atoms. The molecule has 0 spiro atoms. The van der Waals surface area contributed by atoms with Gasteiger partial charge in [0.1, 0.15) is 4.90 Å². The van der Waals surface area contributed by atoms with Crippen LogP contribution in [0.2, 0.25) is 0 Å². The Bertz CT molecular complexity index is 954. The van der Waals surface area contributed by atoms with Crippen LogP contribution in [0, 0.1) is 0 Å². The number of nitrogens with zero attached hydrogens (tertiary/aromatic N) is 3. The summed E-state index contributed by atoms with van der Waals surface area (Å²) in [5.74, 6) is 0. The minimum Gasteiger partial charge on any atom is -0.336 e. The molecule has 0 saturated carbocycles. The molecule has 0 amide bonds. The summed E-state index contributed by atoms with van der Waals surface area (Å²) in [4.78, 5) is 4.21. The summed E-state index contributed by atoms with van der Waals surface area (Å²) in [5, 5.41) is 4.54. The van der Waals surface area contributed by atoms with Gasteiger partial charge >= 0.3 is 0 Å². The minimum absolute atomic E-state index is 0.113. The highest BCUT2D eigenvalue weighted by molar-refractivity contribution is 7.89. The van der Waals surface area contributed by atoms with Crippen molar-refractivity contribution in [3.8, 4) is 0 Å². The average molecular weight is 360 g/mol. The lowest BCUT2D eigenvalue weighted by Crippen LogP contribution is -2.35. The number of benzene rings is 1. The van der Waals surface area contributed by atoms with Crippen molar-refractivity contribution in [2.45, 2.75) is 24.8 Å². The van der Waals surface area contributed by atoms with Crippen molar-refractivity contribution in [1.29, 1.82) is 0 Å². The van der Waals surface area contributed by atoms with Crippen LogP contribution in [-0.2, 0) is 23.0 Å². The van der Waals surface area contributed by atoms with Crippen LogP contribution < -0.4 is 5.73 Å². The molecule has 2 N–H and O–H groups in total. The van der Waals surface area contributed by atoms with Crippen molar-refractivity contribution >= 4 is 21.1 Å². The van der Waals surface area contributed by atoms with E-state index >= 15 is 0 Å². The first-order valence-corrected chi connectivity index (χ1v) is 9.48. The zero-order valence-corrected chi connectivity index (χ0v) is 14.7. The zero-order chi connectivity index (χ0) is 17.9. The first kappa shape index (κ1) is 17.5. The highest BCUT2D eigenvalue weighted by Crippen LogP contribution is 2.23. The summed E-state index contributed by atoms with van der Waals surface area (Å²) in [6.07, 6.45) is 1.94. The minimum atomic E-state index is -3.73. The summed E-state index contributed by atoms with van der Waals surface area (Å²) < 4.78 is 32.6. The van der Waals surface area contributed by atoms with E-state index in [4.69, 9.17) is 10.3 Å². The molecule has 3 aromatic rings. The van der Waals surface area contributed by atoms with Gasteiger partial charge < -0.3 is 10.3 Å². The Labute approximate surface area is 146 Å². The molecule has 0 atom stereocenters. The lowest BCUT2D eigenvalue weighted by Gasteiger charge is -2.21. The van der Waals surface area contributed by atoms with Crippen molar-refractivity contribution in [3.05, 3.63) is 53.9 Å². The fourth-order valence-corrected chi connectivity index (χ4v) is 4.04. The number of hydrogen-bond donors (Lipinski definition) is 1. The van der Waals surface area contributed by atoms with E-state index in [2.05, 4.69) is 10.1 Å². The van der Waals surface area contributed by atoms with Crippen LogP contribution in [0.15, 0.2) is 52.0 Å². The molecule has 8 heteroatoms. The molecule has 0 saturated heterocycles. The second kappa shape index (κ2) is 7.30. The van der Waals surface area contributed by atoms with Crippen LogP contribution in [-0.4, -0.2) is 36.0 Å². The maximum absolute atomic E-state index is 13.1. The van der Waals surface area contributed by atoms with Gasteiger partial charge in [0.2, 0.25) is 10.0 Å². The predicted octanol–water partition coefficient (Wildman–Crippen LogP) is 1.93. The Morgan fingerprint density at radius 1 is 1.24 bits per heavy atom. The summed E-state index contributed by atoms with van der Waals surface area (Å²) in [7, 11) is -3.73.